The van der Waals surface area contributed by atoms with Gasteiger partial charge in [-0.3, -0.25) is 4.79 Å². The number of carbonyl (C=O) groups excluding carboxylic acids is 1. The molecule has 0 aliphatic carbocycles. The molecular weight excluding hydrogens is 176 g/mol. The van der Waals surface area contributed by atoms with Crippen molar-refractivity contribution in [3.63, 3.8) is 0 Å². The van der Waals surface area contributed by atoms with Crippen LogP contribution in [0, 0.1) is 5.92 Å². The number of Topliss-reactive ketones (excluding diaryl/α,β-unsaturated/α-hetero) is 1. The molecule has 0 N–H and O–H groups in total. The number of rotatable bonds is 8. The van der Waals surface area contributed by atoms with E-state index in [9.17, 15) is 4.79 Å². The van der Waals surface area contributed by atoms with Crippen LogP contribution in [0.15, 0.2) is 0 Å². The molecule has 0 radical (unpaired) electrons. The van der Waals surface area contributed by atoms with Crippen molar-refractivity contribution in [1.29, 1.82) is 0 Å². The zero-order chi connectivity index (χ0) is 11.0. The molecule has 0 rings (SSSR count). The molecule has 84 valence electrons. The Morgan fingerprint density at radius 2 is 2.00 bits per heavy atom. The van der Waals surface area contributed by atoms with Gasteiger partial charge in [-0.2, -0.15) is 0 Å². The molecule has 0 aromatic rings. The Bertz CT molecular complexity index is 154. The molecule has 0 amide bonds. The molecule has 0 saturated heterocycles. The van der Waals surface area contributed by atoms with E-state index in [2.05, 4.69) is 13.8 Å². The normalized spacial score (nSPS) is 15.1. The third-order valence-corrected chi connectivity index (χ3v) is 2.84. The highest BCUT2D eigenvalue weighted by Crippen LogP contribution is 2.18. The summed E-state index contributed by atoms with van der Waals surface area (Å²) in [6.45, 7) is 6.17. The van der Waals surface area contributed by atoms with Crippen LogP contribution in [0.5, 0.6) is 0 Å². The lowest BCUT2D eigenvalue weighted by Gasteiger charge is -2.15. The van der Waals surface area contributed by atoms with Gasteiger partial charge in [0.15, 0.2) is 5.78 Å². The average molecular weight is 200 g/mol. The van der Waals surface area contributed by atoms with E-state index >= 15 is 0 Å². The molecule has 0 heterocycles. The summed E-state index contributed by atoms with van der Waals surface area (Å²) in [4.78, 5) is 11.6. The molecule has 0 aliphatic heterocycles. The van der Waals surface area contributed by atoms with E-state index < -0.39 is 0 Å². The van der Waals surface area contributed by atoms with E-state index in [0.29, 0.717) is 12.3 Å². The van der Waals surface area contributed by atoms with Crippen LogP contribution in [0.4, 0.5) is 0 Å². The summed E-state index contributed by atoms with van der Waals surface area (Å²) in [5, 5.41) is 0. The number of hydrogen-bond donors (Lipinski definition) is 0. The first kappa shape index (κ1) is 13.6. The van der Waals surface area contributed by atoms with E-state index in [-0.39, 0.29) is 11.9 Å². The molecule has 0 bridgehead atoms. The monoisotopic (exact) mass is 200 g/mol. The minimum absolute atomic E-state index is 0.231. The third kappa shape index (κ3) is 5.38. The van der Waals surface area contributed by atoms with Crippen molar-refractivity contribution in [2.24, 2.45) is 5.92 Å². The van der Waals surface area contributed by atoms with Crippen LogP contribution in [0.25, 0.3) is 0 Å². The minimum Gasteiger partial charge on any atom is -0.374 e. The van der Waals surface area contributed by atoms with Gasteiger partial charge >= 0.3 is 0 Å². The zero-order valence-corrected chi connectivity index (χ0v) is 10.0. The first-order chi connectivity index (χ1) is 6.65. The molecule has 0 aliphatic rings. The summed E-state index contributed by atoms with van der Waals surface area (Å²) in [5.74, 6) is 0.801. The summed E-state index contributed by atoms with van der Waals surface area (Å²) in [6.07, 6.45) is 5.17. The molecule has 0 saturated carbocycles. The minimum atomic E-state index is -0.231. The van der Waals surface area contributed by atoms with Crippen molar-refractivity contribution >= 4 is 5.78 Å². The van der Waals surface area contributed by atoms with Gasteiger partial charge in [0, 0.05) is 13.5 Å². The van der Waals surface area contributed by atoms with E-state index in [4.69, 9.17) is 4.74 Å². The fourth-order valence-electron chi connectivity index (χ4n) is 1.53. The number of ketones is 1. The molecule has 0 aromatic heterocycles. The Balaban J connectivity index is 3.85. The Kier molecular flexibility index (Phi) is 7.77. The molecule has 14 heavy (non-hydrogen) atoms. The van der Waals surface area contributed by atoms with Crippen molar-refractivity contribution in [3.05, 3.63) is 0 Å². The predicted octanol–water partition coefficient (Wildman–Crippen LogP) is 3.20. The second kappa shape index (κ2) is 7.98. The van der Waals surface area contributed by atoms with Crippen molar-refractivity contribution in [2.75, 3.05) is 7.11 Å². The van der Waals surface area contributed by atoms with Crippen LogP contribution >= 0.6 is 0 Å². The lowest BCUT2D eigenvalue weighted by molar-refractivity contribution is -0.128. The van der Waals surface area contributed by atoms with Gasteiger partial charge in [-0.15, -0.1) is 0 Å². The van der Waals surface area contributed by atoms with Crippen molar-refractivity contribution < 1.29 is 9.53 Å². The third-order valence-electron chi connectivity index (χ3n) is 2.84. The Morgan fingerprint density at radius 3 is 2.43 bits per heavy atom. The molecule has 2 heteroatoms. The standard InChI is InChI=1S/C12H24O2/c1-5-7-8-11(6-2)9-12(13)10(3)14-4/h10-11H,5-9H2,1-4H3. The van der Waals surface area contributed by atoms with Gasteiger partial charge in [-0.05, 0) is 12.8 Å². The van der Waals surface area contributed by atoms with E-state index in [1.165, 1.54) is 19.3 Å². The van der Waals surface area contributed by atoms with Crippen LogP contribution in [-0.4, -0.2) is 19.0 Å². The predicted molar refractivity (Wildman–Crippen MR) is 59.4 cm³/mol. The Hall–Kier alpha value is -0.370. The highest BCUT2D eigenvalue weighted by molar-refractivity contribution is 5.82. The molecule has 0 spiro atoms. The quantitative estimate of drug-likeness (QED) is 0.601. The average Bonchev–Trinajstić information content (AvgIpc) is 2.22. The van der Waals surface area contributed by atoms with Crippen LogP contribution < -0.4 is 0 Å². The summed E-state index contributed by atoms with van der Waals surface area (Å²) < 4.78 is 5.01. The molecule has 2 atom stereocenters. The van der Waals surface area contributed by atoms with Crippen molar-refractivity contribution in [3.8, 4) is 0 Å². The zero-order valence-electron chi connectivity index (χ0n) is 10.0. The number of unbranched alkanes of at least 4 members (excludes halogenated alkanes) is 1. The van der Waals surface area contributed by atoms with Gasteiger partial charge in [0.2, 0.25) is 0 Å². The van der Waals surface area contributed by atoms with Gasteiger partial charge in [0.05, 0.1) is 0 Å². The summed E-state index contributed by atoms with van der Waals surface area (Å²) >= 11 is 0. The SMILES string of the molecule is CCCCC(CC)CC(=O)C(C)OC. The second-order valence-corrected chi connectivity index (χ2v) is 3.96. The van der Waals surface area contributed by atoms with Gasteiger partial charge in [-0.1, -0.05) is 39.5 Å². The second-order valence-electron chi connectivity index (χ2n) is 3.96. The fraction of sp³-hybridized carbons (Fsp3) is 0.917. The summed E-state index contributed by atoms with van der Waals surface area (Å²) in [6, 6.07) is 0. The first-order valence-corrected chi connectivity index (χ1v) is 5.71. The van der Waals surface area contributed by atoms with Crippen LogP contribution in [0.2, 0.25) is 0 Å². The fourth-order valence-corrected chi connectivity index (χ4v) is 1.53. The number of ether oxygens (including phenoxy) is 1. The van der Waals surface area contributed by atoms with Crippen molar-refractivity contribution in [2.45, 2.75) is 59.0 Å². The summed E-state index contributed by atoms with van der Waals surface area (Å²) in [5.41, 5.74) is 0. The Morgan fingerprint density at radius 1 is 1.36 bits per heavy atom. The molecule has 2 nitrogen and oxygen atoms in total. The number of hydrogen-bond acceptors (Lipinski definition) is 2. The molecule has 0 fully saturated rings. The first-order valence-electron chi connectivity index (χ1n) is 5.71. The largest absolute Gasteiger partial charge is 0.374 e. The molecule has 2 unspecified atom stereocenters. The highest BCUT2D eigenvalue weighted by atomic mass is 16.5. The van der Waals surface area contributed by atoms with E-state index in [1.807, 2.05) is 6.92 Å². The Labute approximate surface area is 88.0 Å². The van der Waals surface area contributed by atoms with E-state index in [1.54, 1.807) is 7.11 Å². The maximum Gasteiger partial charge on any atom is 0.161 e. The van der Waals surface area contributed by atoms with Gasteiger partial charge in [0.25, 0.3) is 0 Å². The maximum atomic E-state index is 11.6. The topological polar surface area (TPSA) is 26.3 Å². The molecular formula is C12H24O2. The maximum absolute atomic E-state index is 11.6. The van der Waals surface area contributed by atoms with Crippen molar-refractivity contribution in [1.82, 2.24) is 0 Å². The highest BCUT2D eigenvalue weighted by Gasteiger charge is 2.16. The van der Waals surface area contributed by atoms with E-state index in [0.717, 1.165) is 6.42 Å². The molecule has 0 aromatic carbocycles. The number of carbonyl (C=O) groups is 1. The van der Waals surface area contributed by atoms with Crippen LogP contribution in [0.3, 0.4) is 0 Å². The smallest absolute Gasteiger partial charge is 0.161 e. The summed E-state index contributed by atoms with van der Waals surface area (Å²) in [7, 11) is 1.59. The van der Waals surface area contributed by atoms with Gasteiger partial charge in [0.1, 0.15) is 6.10 Å². The van der Waals surface area contributed by atoms with Crippen LogP contribution in [-0.2, 0) is 9.53 Å². The lowest BCUT2D eigenvalue weighted by Crippen LogP contribution is -2.21. The van der Waals surface area contributed by atoms with Gasteiger partial charge in [-0.25, -0.2) is 0 Å². The van der Waals surface area contributed by atoms with Gasteiger partial charge < -0.3 is 4.74 Å². The number of methoxy groups -OCH3 is 1. The lowest BCUT2D eigenvalue weighted by atomic mass is 9.92. The van der Waals surface area contributed by atoms with Crippen LogP contribution in [0.1, 0.15) is 52.9 Å².